The second-order valence-corrected chi connectivity index (χ2v) is 7.67. The van der Waals surface area contributed by atoms with Gasteiger partial charge >= 0.3 is 0 Å². The average Bonchev–Trinajstić information content (AvgIpc) is 2.76. The molecular weight excluding hydrogens is 354 g/mol. The van der Waals surface area contributed by atoms with Gasteiger partial charge in [0.1, 0.15) is 0 Å². The van der Waals surface area contributed by atoms with Gasteiger partial charge in [-0.05, 0) is 66.8 Å². The predicted octanol–water partition coefficient (Wildman–Crippen LogP) is 6.77. The lowest BCUT2D eigenvalue weighted by atomic mass is 9.78. The number of hydrogen-bond donors (Lipinski definition) is 0. The minimum Gasteiger partial charge on any atom is -0.236 e. The molecule has 1 fully saturated rings. The quantitative estimate of drug-likeness (QED) is 0.500. The molecule has 144 valence electrons. The number of hydrogen-bond acceptors (Lipinski definition) is 2. The number of rotatable bonds is 4. The third-order valence-electron chi connectivity index (χ3n) is 5.97. The number of nitrogens with zero attached hydrogens (tertiary/aromatic N) is 2. The van der Waals surface area contributed by atoms with E-state index in [2.05, 4.69) is 41.2 Å². The van der Waals surface area contributed by atoms with Crippen molar-refractivity contribution < 1.29 is 8.78 Å². The molecule has 1 aromatic heterocycles. The maximum atomic E-state index is 13.4. The van der Waals surface area contributed by atoms with Crippen LogP contribution in [0.4, 0.5) is 8.78 Å². The van der Waals surface area contributed by atoms with Crippen molar-refractivity contribution in [3.8, 4) is 22.5 Å². The molecule has 2 aromatic carbocycles. The standard InChI is InChI=1S/C24H24F2N2/c1-2-16-3-5-17(6-4-16)18-7-9-19(10-8-18)21-14-27-24(28-15-21)20-11-12-22(25)23(26)13-20/h7-17H,2-6H2,1H3. The van der Waals surface area contributed by atoms with Crippen LogP contribution in [0.3, 0.4) is 0 Å². The molecule has 1 aliphatic rings. The molecule has 0 unspecified atom stereocenters. The molecule has 28 heavy (non-hydrogen) atoms. The van der Waals surface area contributed by atoms with Crippen LogP contribution in [0, 0.1) is 17.6 Å². The van der Waals surface area contributed by atoms with Crippen molar-refractivity contribution in [2.75, 3.05) is 0 Å². The second-order valence-electron chi connectivity index (χ2n) is 7.67. The number of aromatic nitrogens is 2. The fourth-order valence-corrected chi connectivity index (χ4v) is 4.11. The first-order chi connectivity index (χ1) is 13.6. The van der Waals surface area contributed by atoms with E-state index in [1.807, 2.05) is 0 Å². The predicted molar refractivity (Wildman–Crippen MR) is 108 cm³/mol. The van der Waals surface area contributed by atoms with E-state index in [1.54, 1.807) is 12.4 Å². The van der Waals surface area contributed by atoms with E-state index in [1.165, 1.54) is 43.7 Å². The maximum absolute atomic E-state index is 13.4. The SMILES string of the molecule is CCC1CCC(c2ccc(-c3cnc(-c4ccc(F)c(F)c4)nc3)cc2)CC1. The fourth-order valence-electron chi connectivity index (χ4n) is 4.11. The van der Waals surface area contributed by atoms with Crippen molar-refractivity contribution in [2.45, 2.75) is 44.9 Å². The Morgan fingerprint density at radius 1 is 0.786 bits per heavy atom. The number of halogens is 2. The van der Waals surface area contributed by atoms with Crippen molar-refractivity contribution in [1.29, 1.82) is 0 Å². The molecule has 1 aliphatic carbocycles. The summed E-state index contributed by atoms with van der Waals surface area (Å²) in [6.45, 7) is 2.29. The minimum atomic E-state index is -0.895. The van der Waals surface area contributed by atoms with Crippen LogP contribution in [-0.4, -0.2) is 9.97 Å². The second kappa shape index (κ2) is 8.17. The van der Waals surface area contributed by atoms with E-state index >= 15 is 0 Å². The molecule has 0 amide bonds. The van der Waals surface area contributed by atoms with Crippen LogP contribution in [0.1, 0.15) is 50.5 Å². The third kappa shape index (κ3) is 3.96. The zero-order valence-electron chi connectivity index (χ0n) is 16.0. The Balaban J connectivity index is 1.48. The summed E-state index contributed by atoms with van der Waals surface area (Å²) in [4.78, 5) is 8.65. The highest BCUT2D eigenvalue weighted by Gasteiger charge is 2.21. The molecule has 0 saturated heterocycles. The Morgan fingerprint density at radius 2 is 1.43 bits per heavy atom. The van der Waals surface area contributed by atoms with Crippen LogP contribution in [0.5, 0.6) is 0 Å². The highest BCUT2D eigenvalue weighted by atomic mass is 19.2. The smallest absolute Gasteiger partial charge is 0.159 e. The van der Waals surface area contributed by atoms with Gasteiger partial charge < -0.3 is 0 Å². The van der Waals surface area contributed by atoms with Crippen LogP contribution in [0.2, 0.25) is 0 Å². The zero-order valence-corrected chi connectivity index (χ0v) is 16.0. The highest BCUT2D eigenvalue weighted by molar-refractivity contribution is 5.64. The van der Waals surface area contributed by atoms with Crippen molar-refractivity contribution in [3.63, 3.8) is 0 Å². The summed E-state index contributed by atoms with van der Waals surface area (Å²) < 4.78 is 26.5. The van der Waals surface area contributed by atoms with E-state index in [0.29, 0.717) is 17.3 Å². The van der Waals surface area contributed by atoms with Crippen molar-refractivity contribution in [2.24, 2.45) is 5.92 Å². The number of benzene rings is 2. The van der Waals surface area contributed by atoms with Crippen molar-refractivity contribution in [3.05, 3.63) is 72.1 Å². The molecule has 0 spiro atoms. The summed E-state index contributed by atoms with van der Waals surface area (Å²) in [7, 11) is 0. The molecule has 0 radical (unpaired) electrons. The van der Waals surface area contributed by atoms with E-state index in [9.17, 15) is 8.78 Å². The van der Waals surface area contributed by atoms with Crippen molar-refractivity contribution >= 4 is 0 Å². The molecular formula is C24H24F2N2. The van der Waals surface area contributed by atoms with E-state index in [4.69, 9.17) is 0 Å². The Morgan fingerprint density at radius 3 is 2.04 bits per heavy atom. The molecule has 1 heterocycles. The molecule has 0 bridgehead atoms. The van der Waals surface area contributed by atoms with Crippen LogP contribution in [-0.2, 0) is 0 Å². The fraction of sp³-hybridized carbons (Fsp3) is 0.333. The lowest BCUT2D eigenvalue weighted by Crippen LogP contribution is -2.12. The summed E-state index contributed by atoms with van der Waals surface area (Å²) in [5, 5.41) is 0. The molecule has 0 aliphatic heterocycles. The Labute approximate surface area is 164 Å². The van der Waals surface area contributed by atoms with E-state index in [0.717, 1.165) is 29.2 Å². The maximum Gasteiger partial charge on any atom is 0.159 e. The molecule has 3 aromatic rings. The largest absolute Gasteiger partial charge is 0.236 e. The average molecular weight is 378 g/mol. The Kier molecular flexibility index (Phi) is 5.47. The first-order valence-electron chi connectivity index (χ1n) is 10.0. The first kappa shape index (κ1) is 18.7. The van der Waals surface area contributed by atoms with Gasteiger partial charge in [-0.3, -0.25) is 0 Å². The van der Waals surface area contributed by atoms with Gasteiger partial charge in [-0.25, -0.2) is 18.7 Å². The van der Waals surface area contributed by atoms with E-state index in [-0.39, 0.29) is 0 Å². The zero-order chi connectivity index (χ0) is 19.5. The van der Waals surface area contributed by atoms with Gasteiger partial charge in [0.2, 0.25) is 0 Å². The summed E-state index contributed by atoms with van der Waals surface area (Å²) in [5.41, 5.74) is 3.84. The lowest BCUT2D eigenvalue weighted by Gasteiger charge is -2.28. The van der Waals surface area contributed by atoms with Gasteiger partial charge in [-0.2, -0.15) is 0 Å². The molecule has 0 N–H and O–H groups in total. The molecule has 0 atom stereocenters. The monoisotopic (exact) mass is 378 g/mol. The van der Waals surface area contributed by atoms with Crippen LogP contribution >= 0.6 is 0 Å². The molecule has 4 rings (SSSR count). The van der Waals surface area contributed by atoms with Gasteiger partial charge in [0.15, 0.2) is 17.5 Å². The minimum absolute atomic E-state index is 0.381. The molecule has 2 nitrogen and oxygen atoms in total. The topological polar surface area (TPSA) is 25.8 Å². The van der Waals surface area contributed by atoms with Gasteiger partial charge in [-0.1, -0.05) is 37.6 Å². The van der Waals surface area contributed by atoms with Crippen molar-refractivity contribution in [1.82, 2.24) is 9.97 Å². The summed E-state index contributed by atoms with van der Waals surface area (Å²) in [6.07, 6.45) is 9.99. The van der Waals surface area contributed by atoms with Crippen LogP contribution in [0.25, 0.3) is 22.5 Å². The molecule has 4 heteroatoms. The van der Waals surface area contributed by atoms with Gasteiger partial charge in [-0.15, -0.1) is 0 Å². The summed E-state index contributed by atoms with van der Waals surface area (Å²) in [6, 6.07) is 12.4. The van der Waals surface area contributed by atoms with Crippen LogP contribution in [0.15, 0.2) is 54.9 Å². The summed E-state index contributed by atoms with van der Waals surface area (Å²) in [5.74, 6) is 0.189. The third-order valence-corrected chi connectivity index (χ3v) is 5.97. The van der Waals surface area contributed by atoms with Crippen LogP contribution < -0.4 is 0 Å². The Hall–Kier alpha value is -2.62. The highest BCUT2D eigenvalue weighted by Crippen LogP contribution is 2.37. The lowest BCUT2D eigenvalue weighted by molar-refractivity contribution is 0.319. The van der Waals surface area contributed by atoms with Gasteiger partial charge in [0.25, 0.3) is 0 Å². The van der Waals surface area contributed by atoms with Gasteiger partial charge in [0.05, 0.1) is 0 Å². The Bertz CT molecular complexity index is 928. The van der Waals surface area contributed by atoms with E-state index < -0.39 is 11.6 Å². The molecule has 1 saturated carbocycles. The summed E-state index contributed by atoms with van der Waals surface area (Å²) >= 11 is 0. The normalized spacial score (nSPS) is 19.5. The first-order valence-corrected chi connectivity index (χ1v) is 10.0. The van der Waals surface area contributed by atoms with Gasteiger partial charge in [0, 0.05) is 23.5 Å².